The van der Waals surface area contributed by atoms with Crippen LogP contribution in [0.1, 0.15) is 63.4 Å². The highest BCUT2D eigenvalue weighted by molar-refractivity contribution is 5.47. The highest BCUT2D eigenvalue weighted by atomic mass is 15.4. The van der Waals surface area contributed by atoms with E-state index in [4.69, 9.17) is 10.1 Å². The van der Waals surface area contributed by atoms with Crippen molar-refractivity contribution in [3.63, 3.8) is 0 Å². The Labute approximate surface area is 150 Å². The van der Waals surface area contributed by atoms with E-state index < -0.39 is 0 Å². The molecule has 0 spiro atoms. The zero-order valence-corrected chi connectivity index (χ0v) is 15.6. The Morgan fingerprint density at radius 2 is 1.76 bits per heavy atom. The van der Waals surface area contributed by atoms with Crippen LogP contribution < -0.4 is 4.90 Å². The minimum atomic E-state index is 0.625. The molecule has 0 aliphatic carbocycles. The molecule has 6 heteroatoms. The molecule has 4 heterocycles. The summed E-state index contributed by atoms with van der Waals surface area (Å²) in [6.45, 7) is 8.58. The van der Waals surface area contributed by atoms with Crippen LogP contribution >= 0.6 is 0 Å². The van der Waals surface area contributed by atoms with Gasteiger partial charge >= 0.3 is 0 Å². The Morgan fingerprint density at radius 3 is 2.52 bits per heavy atom. The molecule has 2 aromatic rings. The molecule has 0 aromatic carbocycles. The fraction of sp³-hybridized carbons (Fsp3) is 0.737. The first-order valence-corrected chi connectivity index (χ1v) is 9.93. The molecule has 0 saturated carbocycles. The summed E-state index contributed by atoms with van der Waals surface area (Å²) in [7, 11) is 0. The van der Waals surface area contributed by atoms with E-state index in [1.54, 1.807) is 0 Å². The van der Waals surface area contributed by atoms with Crippen molar-refractivity contribution in [1.29, 1.82) is 0 Å². The van der Waals surface area contributed by atoms with Crippen molar-refractivity contribution in [2.75, 3.05) is 24.5 Å². The van der Waals surface area contributed by atoms with Crippen molar-refractivity contribution >= 4 is 11.6 Å². The SMILES string of the molecule is Cc1cc(N2CCCCCC2)n2nc(CN3CCCC[C@@H]3C)nc2n1. The quantitative estimate of drug-likeness (QED) is 0.857. The molecule has 1 atom stereocenters. The molecular formula is C19H30N6. The predicted molar refractivity (Wildman–Crippen MR) is 99.9 cm³/mol. The van der Waals surface area contributed by atoms with E-state index in [1.807, 2.05) is 4.52 Å². The molecule has 2 saturated heterocycles. The Bertz CT molecular complexity index is 716. The maximum Gasteiger partial charge on any atom is 0.254 e. The summed E-state index contributed by atoms with van der Waals surface area (Å²) >= 11 is 0. The van der Waals surface area contributed by atoms with Crippen molar-refractivity contribution in [3.05, 3.63) is 17.6 Å². The number of rotatable bonds is 3. The normalized spacial score (nSPS) is 23.1. The number of aromatic nitrogens is 4. The van der Waals surface area contributed by atoms with Gasteiger partial charge in [-0.25, -0.2) is 4.98 Å². The van der Waals surface area contributed by atoms with E-state index in [9.17, 15) is 0 Å². The fourth-order valence-corrected chi connectivity index (χ4v) is 4.18. The van der Waals surface area contributed by atoms with Crippen molar-refractivity contribution < 1.29 is 0 Å². The molecule has 2 aliphatic rings. The fourth-order valence-electron chi connectivity index (χ4n) is 4.18. The molecule has 2 fully saturated rings. The molecule has 0 radical (unpaired) electrons. The summed E-state index contributed by atoms with van der Waals surface area (Å²) in [6.07, 6.45) is 9.09. The molecule has 0 unspecified atom stereocenters. The number of piperidine rings is 1. The third-order valence-corrected chi connectivity index (χ3v) is 5.68. The lowest BCUT2D eigenvalue weighted by atomic mass is 10.0. The summed E-state index contributed by atoms with van der Waals surface area (Å²) in [6, 6.07) is 2.79. The van der Waals surface area contributed by atoms with Crippen LogP contribution in [0.4, 0.5) is 5.82 Å². The molecule has 4 rings (SSSR count). The number of hydrogen-bond acceptors (Lipinski definition) is 5. The molecular weight excluding hydrogens is 312 g/mol. The van der Waals surface area contributed by atoms with E-state index in [0.29, 0.717) is 6.04 Å². The summed E-state index contributed by atoms with van der Waals surface area (Å²) in [5.74, 6) is 2.82. The van der Waals surface area contributed by atoms with E-state index in [0.717, 1.165) is 49.3 Å². The van der Waals surface area contributed by atoms with Gasteiger partial charge < -0.3 is 4.90 Å². The van der Waals surface area contributed by atoms with Gasteiger partial charge in [-0.3, -0.25) is 4.90 Å². The summed E-state index contributed by atoms with van der Waals surface area (Å²) < 4.78 is 1.97. The number of anilines is 1. The van der Waals surface area contributed by atoms with Gasteiger partial charge in [-0.15, -0.1) is 5.10 Å². The van der Waals surface area contributed by atoms with Crippen LogP contribution in [0.15, 0.2) is 6.07 Å². The van der Waals surface area contributed by atoms with Crippen LogP contribution in [0.2, 0.25) is 0 Å². The van der Waals surface area contributed by atoms with Gasteiger partial charge in [0.25, 0.3) is 5.78 Å². The maximum atomic E-state index is 4.85. The summed E-state index contributed by atoms with van der Waals surface area (Å²) in [5.41, 5.74) is 1.03. The first-order valence-electron chi connectivity index (χ1n) is 9.93. The van der Waals surface area contributed by atoms with Crippen molar-refractivity contribution in [1.82, 2.24) is 24.5 Å². The Morgan fingerprint density at radius 1 is 1.00 bits per heavy atom. The van der Waals surface area contributed by atoms with Crippen molar-refractivity contribution in [2.24, 2.45) is 0 Å². The van der Waals surface area contributed by atoms with Crippen LogP contribution in [-0.4, -0.2) is 50.2 Å². The van der Waals surface area contributed by atoms with Crippen molar-refractivity contribution in [2.45, 2.75) is 71.4 Å². The van der Waals surface area contributed by atoms with Crippen LogP contribution in [0.5, 0.6) is 0 Å². The highest BCUT2D eigenvalue weighted by Crippen LogP contribution is 2.22. The smallest absolute Gasteiger partial charge is 0.254 e. The van der Waals surface area contributed by atoms with E-state index in [1.165, 1.54) is 44.9 Å². The van der Waals surface area contributed by atoms with Gasteiger partial charge in [0, 0.05) is 30.9 Å². The van der Waals surface area contributed by atoms with Gasteiger partial charge in [0.1, 0.15) is 5.82 Å². The summed E-state index contributed by atoms with van der Waals surface area (Å²) in [5, 5.41) is 4.85. The third-order valence-electron chi connectivity index (χ3n) is 5.68. The summed E-state index contributed by atoms with van der Waals surface area (Å²) in [4.78, 5) is 14.4. The number of aryl methyl sites for hydroxylation is 1. The van der Waals surface area contributed by atoms with Crippen molar-refractivity contribution in [3.8, 4) is 0 Å². The van der Waals surface area contributed by atoms with Crippen LogP contribution in [0, 0.1) is 6.92 Å². The standard InChI is InChI=1S/C19H30N6/c1-15-13-18(23-10-6-3-4-7-11-23)25-19(20-15)21-17(22-25)14-24-12-8-5-9-16(24)2/h13,16H,3-12,14H2,1-2H3/t16-/m0/s1. The zero-order valence-electron chi connectivity index (χ0n) is 15.6. The van der Waals surface area contributed by atoms with Gasteiger partial charge in [0.15, 0.2) is 5.82 Å². The molecule has 2 aromatic heterocycles. The van der Waals surface area contributed by atoms with Gasteiger partial charge in [0.2, 0.25) is 0 Å². The average molecular weight is 342 g/mol. The van der Waals surface area contributed by atoms with Crippen LogP contribution in [0.25, 0.3) is 5.78 Å². The zero-order chi connectivity index (χ0) is 17.2. The van der Waals surface area contributed by atoms with E-state index in [2.05, 4.69) is 34.7 Å². The molecule has 136 valence electrons. The lowest BCUT2D eigenvalue weighted by molar-refractivity contribution is 0.149. The second-order valence-electron chi connectivity index (χ2n) is 7.71. The lowest BCUT2D eigenvalue weighted by Gasteiger charge is -2.32. The predicted octanol–water partition coefficient (Wildman–Crippen LogP) is 3.19. The minimum absolute atomic E-state index is 0.625. The molecule has 0 amide bonds. The molecule has 0 bridgehead atoms. The number of hydrogen-bond donors (Lipinski definition) is 0. The largest absolute Gasteiger partial charge is 0.356 e. The van der Waals surface area contributed by atoms with Gasteiger partial charge in [-0.2, -0.15) is 9.50 Å². The Kier molecular flexibility index (Phi) is 4.88. The van der Waals surface area contributed by atoms with Gasteiger partial charge in [-0.05, 0) is 46.1 Å². The molecule has 0 N–H and O–H groups in total. The van der Waals surface area contributed by atoms with E-state index in [-0.39, 0.29) is 0 Å². The number of nitrogens with zero attached hydrogens (tertiary/aromatic N) is 6. The minimum Gasteiger partial charge on any atom is -0.356 e. The van der Waals surface area contributed by atoms with Gasteiger partial charge in [0.05, 0.1) is 6.54 Å². The Hall–Kier alpha value is -1.69. The lowest BCUT2D eigenvalue weighted by Crippen LogP contribution is -2.37. The van der Waals surface area contributed by atoms with Gasteiger partial charge in [-0.1, -0.05) is 19.3 Å². The van der Waals surface area contributed by atoms with Crippen LogP contribution in [-0.2, 0) is 6.54 Å². The molecule has 2 aliphatic heterocycles. The maximum absolute atomic E-state index is 4.85. The first kappa shape index (κ1) is 16.8. The second kappa shape index (κ2) is 7.28. The molecule has 6 nitrogen and oxygen atoms in total. The molecule has 25 heavy (non-hydrogen) atoms. The highest BCUT2D eigenvalue weighted by Gasteiger charge is 2.21. The third kappa shape index (κ3) is 3.64. The average Bonchev–Trinajstić information content (AvgIpc) is 2.81. The van der Waals surface area contributed by atoms with E-state index >= 15 is 0 Å². The second-order valence-corrected chi connectivity index (χ2v) is 7.71. The first-order chi connectivity index (χ1) is 12.2. The topological polar surface area (TPSA) is 49.6 Å². The monoisotopic (exact) mass is 342 g/mol. The Balaban J connectivity index is 1.63. The number of likely N-dealkylation sites (tertiary alicyclic amines) is 1. The van der Waals surface area contributed by atoms with Crippen LogP contribution in [0.3, 0.4) is 0 Å². The number of fused-ring (bicyclic) bond motifs is 1.